The van der Waals surface area contributed by atoms with Crippen LogP contribution < -0.4 is 10.1 Å². The molecule has 1 saturated heterocycles. The number of carbonyl (C=O) groups is 2. The molecule has 23 heavy (non-hydrogen) atoms. The van der Waals surface area contributed by atoms with Gasteiger partial charge in [0.2, 0.25) is 11.8 Å². The number of likely N-dealkylation sites (tertiary alicyclic amines) is 1. The van der Waals surface area contributed by atoms with Crippen molar-refractivity contribution in [3.63, 3.8) is 0 Å². The van der Waals surface area contributed by atoms with Crippen LogP contribution in [0.2, 0.25) is 0 Å². The number of anilines is 1. The van der Waals surface area contributed by atoms with Crippen molar-refractivity contribution in [2.45, 2.75) is 25.7 Å². The van der Waals surface area contributed by atoms with E-state index in [0.717, 1.165) is 32.2 Å². The number of nitrogens with one attached hydrogen (secondary N) is 1. The number of halogens is 1. The van der Waals surface area contributed by atoms with Crippen LogP contribution in [-0.2, 0) is 9.59 Å². The summed E-state index contributed by atoms with van der Waals surface area (Å²) in [5, 5.41) is 2.74. The summed E-state index contributed by atoms with van der Waals surface area (Å²) in [6.45, 7) is 1.19. The molecular formula is C17H21FN2O3. The molecular weight excluding hydrogens is 299 g/mol. The monoisotopic (exact) mass is 320 g/mol. The van der Waals surface area contributed by atoms with E-state index in [1.807, 2.05) is 0 Å². The van der Waals surface area contributed by atoms with Gasteiger partial charge in [0.1, 0.15) is 0 Å². The number of ether oxygens (including phenoxy) is 1. The van der Waals surface area contributed by atoms with Gasteiger partial charge in [-0.2, -0.15) is 0 Å². The van der Waals surface area contributed by atoms with Gasteiger partial charge in [-0.25, -0.2) is 4.39 Å². The fraction of sp³-hybridized carbons (Fsp3) is 0.529. The zero-order chi connectivity index (χ0) is 16.4. The third-order valence-electron chi connectivity index (χ3n) is 4.45. The van der Waals surface area contributed by atoms with E-state index in [0.29, 0.717) is 12.2 Å². The Kier molecular flexibility index (Phi) is 4.50. The average molecular weight is 320 g/mol. The Bertz CT molecular complexity index is 616. The Morgan fingerprint density at radius 1 is 1.26 bits per heavy atom. The molecule has 1 atom stereocenters. The van der Waals surface area contributed by atoms with Gasteiger partial charge in [0, 0.05) is 30.8 Å². The minimum Gasteiger partial charge on any atom is -0.494 e. The van der Waals surface area contributed by atoms with Gasteiger partial charge in [-0.1, -0.05) is 0 Å². The fourth-order valence-corrected chi connectivity index (χ4v) is 2.97. The molecule has 1 aliphatic carbocycles. The highest BCUT2D eigenvalue weighted by molar-refractivity contribution is 5.93. The number of rotatable bonds is 4. The smallest absolute Gasteiger partial charge is 0.229 e. The van der Waals surface area contributed by atoms with Crippen LogP contribution in [0, 0.1) is 17.7 Å². The number of hydrogen-bond donors (Lipinski definition) is 1. The van der Waals surface area contributed by atoms with Crippen LogP contribution in [0.15, 0.2) is 18.2 Å². The Balaban J connectivity index is 1.61. The van der Waals surface area contributed by atoms with E-state index in [1.165, 1.54) is 19.2 Å². The van der Waals surface area contributed by atoms with Crippen molar-refractivity contribution in [3.05, 3.63) is 24.0 Å². The van der Waals surface area contributed by atoms with E-state index in [-0.39, 0.29) is 29.4 Å². The lowest BCUT2D eigenvalue weighted by molar-refractivity contribution is -0.135. The molecule has 1 aliphatic heterocycles. The number of carbonyl (C=O) groups excluding carboxylic acids is 2. The largest absolute Gasteiger partial charge is 0.494 e. The van der Waals surface area contributed by atoms with Gasteiger partial charge >= 0.3 is 0 Å². The third kappa shape index (κ3) is 3.63. The molecule has 1 aromatic rings. The summed E-state index contributed by atoms with van der Waals surface area (Å²) < 4.78 is 18.5. The van der Waals surface area contributed by atoms with Gasteiger partial charge in [-0.05, 0) is 37.8 Å². The van der Waals surface area contributed by atoms with Crippen LogP contribution in [0.5, 0.6) is 5.75 Å². The van der Waals surface area contributed by atoms with E-state index in [4.69, 9.17) is 4.74 Å². The first kappa shape index (κ1) is 15.8. The van der Waals surface area contributed by atoms with Gasteiger partial charge in [0.05, 0.1) is 13.0 Å². The fourth-order valence-electron chi connectivity index (χ4n) is 2.97. The molecule has 0 spiro atoms. The maximum absolute atomic E-state index is 13.7. The summed E-state index contributed by atoms with van der Waals surface area (Å²) in [5.41, 5.74) is 0.402. The number of nitrogens with zero attached hydrogens (tertiary/aromatic N) is 1. The van der Waals surface area contributed by atoms with Gasteiger partial charge in [0.25, 0.3) is 0 Å². The number of benzene rings is 1. The molecule has 2 fully saturated rings. The van der Waals surface area contributed by atoms with E-state index < -0.39 is 5.82 Å². The zero-order valence-corrected chi connectivity index (χ0v) is 13.2. The normalized spacial score (nSPS) is 21.0. The van der Waals surface area contributed by atoms with E-state index in [1.54, 1.807) is 11.0 Å². The summed E-state index contributed by atoms with van der Waals surface area (Å²) in [6, 6.07) is 4.33. The quantitative estimate of drug-likeness (QED) is 0.927. The number of methoxy groups -OCH3 is 1. The highest BCUT2D eigenvalue weighted by Gasteiger charge is 2.36. The summed E-state index contributed by atoms with van der Waals surface area (Å²) in [4.78, 5) is 26.3. The first-order chi connectivity index (χ1) is 11.1. The van der Waals surface area contributed by atoms with Gasteiger partial charge in [0.15, 0.2) is 11.6 Å². The number of hydrogen-bond acceptors (Lipinski definition) is 3. The van der Waals surface area contributed by atoms with Crippen molar-refractivity contribution < 1.29 is 18.7 Å². The van der Waals surface area contributed by atoms with Crippen molar-refractivity contribution in [1.82, 2.24) is 4.90 Å². The van der Waals surface area contributed by atoms with Crippen LogP contribution in [0.3, 0.4) is 0 Å². The molecule has 2 aliphatic rings. The molecule has 5 nitrogen and oxygen atoms in total. The van der Waals surface area contributed by atoms with Gasteiger partial charge in [-0.15, -0.1) is 0 Å². The van der Waals surface area contributed by atoms with Crippen molar-refractivity contribution in [1.29, 1.82) is 0 Å². The molecule has 1 saturated carbocycles. The predicted octanol–water partition coefficient (Wildman–Crippen LogP) is 2.42. The zero-order valence-electron chi connectivity index (χ0n) is 13.2. The van der Waals surface area contributed by atoms with Crippen LogP contribution in [-0.4, -0.2) is 36.9 Å². The first-order valence-corrected chi connectivity index (χ1v) is 8.01. The summed E-state index contributed by atoms with van der Waals surface area (Å²) in [5.74, 6) is -0.425. The predicted molar refractivity (Wildman–Crippen MR) is 83.6 cm³/mol. The van der Waals surface area contributed by atoms with Crippen molar-refractivity contribution in [3.8, 4) is 5.75 Å². The molecule has 1 heterocycles. The second-order valence-electron chi connectivity index (χ2n) is 6.24. The maximum atomic E-state index is 13.7. The van der Waals surface area contributed by atoms with Crippen LogP contribution in [0.1, 0.15) is 25.7 Å². The Morgan fingerprint density at radius 2 is 2.04 bits per heavy atom. The molecule has 2 amide bonds. The van der Waals surface area contributed by atoms with Crippen molar-refractivity contribution in [2.75, 3.05) is 25.5 Å². The molecule has 1 aromatic carbocycles. The van der Waals surface area contributed by atoms with E-state index in [9.17, 15) is 14.0 Å². The molecule has 124 valence electrons. The highest BCUT2D eigenvalue weighted by Crippen LogP contribution is 2.32. The molecule has 3 rings (SSSR count). The topological polar surface area (TPSA) is 58.6 Å². The van der Waals surface area contributed by atoms with Crippen LogP contribution in [0.25, 0.3) is 0 Å². The van der Waals surface area contributed by atoms with Gasteiger partial charge in [-0.3, -0.25) is 9.59 Å². The third-order valence-corrected chi connectivity index (χ3v) is 4.45. The Labute approximate surface area is 134 Å². The number of amides is 2. The van der Waals surface area contributed by atoms with Crippen LogP contribution >= 0.6 is 0 Å². The second-order valence-corrected chi connectivity index (χ2v) is 6.24. The Morgan fingerprint density at radius 3 is 2.70 bits per heavy atom. The average Bonchev–Trinajstić information content (AvgIpc) is 3.39. The van der Waals surface area contributed by atoms with Crippen molar-refractivity contribution >= 4 is 17.5 Å². The molecule has 0 radical (unpaired) electrons. The van der Waals surface area contributed by atoms with E-state index in [2.05, 4.69) is 5.32 Å². The maximum Gasteiger partial charge on any atom is 0.229 e. The second kappa shape index (κ2) is 6.56. The standard InChI is InChI=1S/C17H21FN2O3/c1-23-15-7-6-13(9-14(15)18)19-16(21)12-3-2-8-20(10-12)17(22)11-4-5-11/h6-7,9,11-12H,2-5,8,10H2,1H3,(H,19,21). The molecule has 1 N–H and O–H groups in total. The first-order valence-electron chi connectivity index (χ1n) is 8.01. The lowest BCUT2D eigenvalue weighted by atomic mass is 9.96. The Hall–Kier alpha value is -2.11. The van der Waals surface area contributed by atoms with Gasteiger partial charge < -0.3 is 15.0 Å². The minimum atomic E-state index is -0.514. The SMILES string of the molecule is COc1ccc(NC(=O)C2CCCN(C(=O)C3CC3)C2)cc1F. The van der Waals surface area contributed by atoms with Crippen molar-refractivity contribution in [2.24, 2.45) is 11.8 Å². The summed E-state index contributed by atoms with van der Waals surface area (Å²) in [7, 11) is 1.39. The lowest BCUT2D eigenvalue weighted by Crippen LogP contribution is -2.44. The highest BCUT2D eigenvalue weighted by atomic mass is 19.1. The minimum absolute atomic E-state index is 0.141. The lowest BCUT2D eigenvalue weighted by Gasteiger charge is -2.32. The van der Waals surface area contributed by atoms with E-state index >= 15 is 0 Å². The molecule has 1 unspecified atom stereocenters. The summed E-state index contributed by atoms with van der Waals surface area (Å²) >= 11 is 0. The molecule has 0 bridgehead atoms. The molecule has 6 heteroatoms. The van der Waals surface area contributed by atoms with Crippen LogP contribution in [0.4, 0.5) is 10.1 Å². The number of piperidine rings is 1. The summed E-state index contributed by atoms with van der Waals surface area (Å²) in [6.07, 6.45) is 3.51. The molecule has 0 aromatic heterocycles.